The third-order valence-electron chi connectivity index (χ3n) is 4.77. The molecule has 0 bridgehead atoms. The maximum Gasteiger partial charge on any atom is 0.226 e. The van der Waals surface area contributed by atoms with Crippen LogP contribution in [0.5, 0.6) is 0 Å². The number of amides is 3. The van der Waals surface area contributed by atoms with E-state index in [0.29, 0.717) is 39.1 Å². The van der Waals surface area contributed by atoms with Gasteiger partial charge in [0.2, 0.25) is 18.2 Å². The zero-order valence-electron chi connectivity index (χ0n) is 13.9. The quantitative estimate of drug-likeness (QED) is 0.802. The molecule has 1 saturated heterocycles. The number of rotatable bonds is 5. The lowest BCUT2D eigenvalue weighted by Gasteiger charge is -2.32. The highest BCUT2D eigenvalue weighted by atomic mass is 16.2. The van der Waals surface area contributed by atoms with Gasteiger partial charge in [-0.2, -0.15) is 0 Å². The van der Waals surface area contributed by atoms with Crippen LogP contribution in [0, 0.1) is 18.8 Å². The van der Waals surface area contributed by atoms with Crippen LogP contribution in [0.15, 0.2) is 24.3 Å². The predicted molar refractivity (Wildman–Crippen MR) is 88.8 cm³/mol. The molecule has 1 aromatic carbocycles. The number of hydrogen-bond donors (Lipinski definition) is 1. The van der Waals surface area contributed by atoms with Crippen molar-refractivity contribution in [3.8, 4) is 0 Å². The summed E-state index contributed by atoms with van der Waals surface area (Å²) in [6, 6.07) is 8.02. The minimum absolute atomic E-state index is 0.0404. The molecule has 1 N–H and O–H groups in total. The fourth-order valence-electron chi connectivity index (χ4n) is 3.18. The Morgan fingerprint density at radius 2 is 1.96 bits per heavy atom. The first kappa shape index (κ1) is 16.5. The maximum atomic E-state index is 12.4. The Bertz CT molecular complexity index is 638. The molecule has 1 aromatic rings. The summed E-state index contributed by atoms with van der Waals surface area (Å²) in [5.74, 6) is -0.380. The van der Waals surface area contributed by atoms with E-state index in [9.17, 15) is 14.4 Å². The lowest BCUT2D eigenvalue weighted by molar-refractivity contribution is -0.137. The number of aryl methyl sites for hydroxylation is 1. The number of carbonyl (C=O) groups excluding carboxylic acids is 3. The fourth-order valence-corrected chi connectivity index (χ4v) is 3.18. The molecule has 6 nitrogen and oxygen atoms in total. The van der Waals surface area contributed by atoms with E-state index in [1.807, 2.05) is 31.2 Å². The van der Waals surface area contributed by atoms with Crippen molar-refractivity contribution in [1.82, 2.24) is 15.1 Å². The summed E-state index contributed by atoms with van der Waals surface area (Å²) in [6.45, 7) is 4.79. The Hall–Kier alpha value is -2.37. The van der Waals surface area contributed by atoms with E-state index in [1.54, 1.807) is 9.80 Å². The van der Waals surface area contributed by atoms with Crippen LogP contribution in [0.3, 0.4) is 0 Å². The second-order valence-electron chi connectivity index (χ2n) is 6.62. The monoisotopic (exact) mass is 329 g/mol. The molecular weight excluding hydrogens is 306 g/mol. The summed E-state index contributed by atoms with van der Waals surface area (Å²) < 4.78 is 0. The topological polar surface area (TPSA) is 69.7 Å². The minimum Gasteiger partial charge on any atom is -0.352 e. The van der Waals surface area contributed by atoms with Gasteiger partial charge in [-0.3, -0.25) is 14.4 Å². The molecule has 2 atom stereocenters. The van der Waals surface area contributed by atoms with Gasteiger partial charge in [0.15, 0.2) is 0 Å². The Morgan fingerprint density at radius 1 is 1.21 bits per heavy atom. The van der Waals surface area contributed by atoms with E-state index >= 15 is 0 Å². The number of hydrogen-bond acceptors (Lipinski definition) is 3. The van der Waals surface area contributed by atoms with Gasteiger partial charge in [-0.25, -0.2) is 0 Å². The van der Waals surface area contributed by atoms with Gasteiger partial charge < -0.3 is 15.1 Å². The predicted octanol–water partition coefficient (Wildman–Crippen LogP) is 0.548. The molecule has 3 rings (SSSR count). The van der Waals surface area contributed by atoms with Crippen LogP contribution in [0.2, 0.25) is 0 Å². The SMILES string of the molecule is Cc1cccc(CNC(=O)C2CC2C(=O)N2CCN(C=O)CC2)c1. The number of carbonyl (C=O) groups is 3. The van der Waals surface area contributed by atoms with Gasteiger partial charge >= 0.3 is 0 Å². The molecule has 2 aliphatic rings. The van der Waals surface area contributed by atoms with Crippen molar-refractivity contribution in [3.63, 3.8) is 0 Å². The third kappa shape index (κ3) is 3.75. The number of nitrogens with zero attached hydrogens (tertiary/aromatic N) is 2. The van der Waals surface area contributed by atoms with Crippen molar-refractivity contribution < 1.29 is 14.4 Å². The van der Waals surface area contributed by atoms with E-state index in [1.165, 1.54) is 0 Å². The molecule has 128 valence electrons. The molecule has 0 radical (unpaired) electrons. The number of piperazine rings is 1. The van der Waals surface area contributed by atoms with Crippen LogP contribution >= 0.6 is 0 Å². The van der Waals surface area contributed by atoms with Crippen LogP contribution in [-0.4, -0.2) is 54.2 Å². The number of benzene rings is 1. The summed E-state index contributed by atoms with van der Waals surface area (Å²) in [5, 5.41) is 2.93. The van der Waals surface area contributed by atoms with Gasteiger partial charge in [0.1, 0.15) is 0 Å². The highest BCUT2D eigenvalue weighted by Gasteiger charge is 2.49. The lowest BCUT2D eigenvalue weighted by atomic mass is 10.1. The molecule has 2 fully saturated rings. The van der Waals surface area contributed by atoms with Crippen molar-refractivity contribution in [3.05, 3.63) is 35.4 Å². The second kappa shape index (κ2) is 7.03. The Balaban J connectivity index is 1.45. The highest BCUT2D eigenvalue weighted by molar-refractivity contribution is 5.92. The summed E-state index contributed by atoms with van der Waals surface area (Å²) >= 11 is 0. The molecule has 1 heterocycles. The van der Waals surface area contributed by atoms with Crippen LogP contribution in [0.25, 0.3) is 0 Å². The summed E-state index contributed by atoms with van der Waals surface area (Å²) in [6.07, 6.45) is 1.45. The van der Waals surface area contributed by atoms with Crippen LogP contribution in [0.4, 0.5) is 0 Å². The van der Waals surface area contributed by atoms with E-state index < -0.39 is 0 Å². The smallest absolute Gasteiger partial charge is 0.226 e. The molecule has 3 amide bonds. The van der Waals surface area contributed by atoms with E-state index in [2.05, 4.69) is 5.32 Å². The normalized spacial score (nSPS) is 22.9. The minimum atomic E-state index is -0.202. The van der Waals surface area contributed by atoms with Crippen LogP contribution < -0.4 is 5.32 Å². The molecule has 6 heteroatoms. The van der Waals surface area contributed by atoms with Crippen molar-refractivity contribution >= 4 is 18.2 Å². The maximum absolute atomic E-state index is 12.4. The second-order valence-corrected chi connectivity index (χ2v) is 6.62. The zero-order valence-corrected chi connectivity index (χ0v) is 13.9. The van der Waals surface area contributed by atoms with Gasteiger partial charge in [-0.1, -0.05) is 29.8 Å². The van der Waals surface area contributed by atoms with E-state index in [-0.39, 0.29) is 23.7 Å². The molecule has 0 spiro atoms. The third-order valence-corrected chi connectivity index (χ3v) is 4.77. The lowest BCUT2D eigenvalue weighted by Crippen LogP contribution is -2.48. The van der Waals surface area contributed by atoms with Crippen molar-refractivity contribution in [2.24, 2.45) is 11.8 Å². The zero-order chi connectivity index (χ0) is 17.1. The fraction of sp³-hybridized carbons (Fsp3) is 0.500. The van der Waals surface area contributed by atoms with Gasteiger partial charge in [-0.15, -0.1) is 0 Å². The first-order valence-corrected chi connectivity index (χ1v) is 8.40. The van der Waals surface area contributed by atoms with Gasteiger partial charge in [0, 0.05) is 32.7 Å². The largest absolute Gasteiger partial charge is 0.352 e. The summed E-state index contributed by atoms with van der Waals surface area (Å²) in [5.41, 5.74) is 2.23. The average Bonchev–Trinajstić information content (AvgIpc) is 3.40. The Labute approximate surface area is 141 Å². The summed E-state index contributed by atoms with van der Waals surface area (Å²) in [4.78, 5) is 38.8. The molecule has 24 heavy (non-hydrogen) atoms. The van der Waals surface area contributed by atoms with Gasteiger partial charge in [0.05, 0.1) is 11.8 Å². The summed E-state index contributed by atoms with van der Waals surface area (Å²) in [7, 11) is 0. The Morgan fingerprint density at radius 3 is 2.62 bits per heavy atom. The van der Waals surface area contributed by atoms with Crippen LogP contribution in [0.1, 0.15) is 17.5 Å². The van der Waals surface area contributed by atoms with Crippen molar-refractivity contribution in [2.45, 2.75) is 19.9 Å². The van der Waals surface area contributed by atoms with Gasteiger partial charge in [-0.05, 0) is 18.9 Å². The molecule has 2 unspecified atom stereocenters. The molecule has 1 aliphatic heterocycles. The Kier molecular flexibility index (Phi) is 4.83. The first-order valence-electron chi connectivity index (χ1n) is 8.40. The van der Waals surface area contributed by atoms with E-state index in [0.717, 1.165) is 17.5 Å². The number of nitrogens with one attached hydrogen (secondary N) is 1. The standard InChI is InChI=1S/C18H23N3O3/c1-13-3-2-4-14(9-13)11-19-17(23)15-10-16(15)18(24)21-7-5-20(12-22)6-8-21/h2-4,9,12,15-16H,5-8,10-11H2,1H3,(H,19,23). The van der Waals surface area contributed by atoms with E-state index in [4.69, 9.17) is 0 Å². The first-order chi connectivity index (χ1) is 11.6. The molecular formula is C18H23N3O3. The molecule has 1 aliphatic carbocycles. The van der Waals surface area contributed by atoms with Gasteiger partial charge in [0.25, 0.3) is 0 Å². The van der Waals surface area contributed by atoms with Crippen molar-refractivity contribution in [2.75, 3.05) is 26.2 Å². The highest BCUT2D eigenvalue weighted by Crippen LogP contribution is 2.40. The molecule has 1 saturated carbocycles. The van der Waals surface area contributed by atoms with Crippen LogP contribution in [-0.2, 0) is 20.9 Å². The van der Waals surface area contributed by atoms with Crippen molar-refractivity contribution in [1.29, 1.82) is 0 Å². The molecule has 0 aromatic heterocycles. The average molecular weight is 329 g/mol.